The Morgan fingerprint density at radius 3 is 2.92 bits per heavy atom. The van der Waals surface area contributed by atoms with Crippen LogP contribution in [0.3, 0.4) is 0 Å². The van der Waals surface area contributed by atoms with Gasteiger partial charge >= 0.3 is 0 Å². The summed E-state index contributed by atoms with van der Waals surface area (Å²) in [4.78, 5) is 11.9. The monoisotopic (exact) mass is 385 g/mol. The van der Waals surface area contributed by atoms with Gasteiger partial charge in [-0.3, -0.25) is 10.1 Å². The van der Waals surface area contributed by atoms with Gasteiger partial charge in [0.05, 0.1) is 23.0 Å². The lowest BCUT2D eigenvalue weighted by molar-refractivity contribution is -0.113. The smallest absolute Gasteiger partial charge is 0.237 e. The Kier molecular flexibility index (Phi) is 5.13. The first-order chi connectivity index (χ1) is 11.8. The number of aromatic nitrogens is 4. The molecule has 1 N–H and O–H groups in total. The highest BCUT2D eigenvalue weighted by Gasteiger charge is 2.29. The van der Waals surface area contributed by atoms with Crippen LogP contribution in [0.25, 0.3) is 0 Å². The number of aryl methyl sites for hydroxylation is 1. The zero-order valence-electron chi connectivity index (χ0n) is 13.9. The second-order valence-corrected chi connectivity index (χ2v) is 9.27. The average Bonchev–Trinajstić information content (AvgIpc) is 3.19. The van der Waals surface area contributed by atoms with Gasteiger partial charge in [-0.25, -0.2) is 8.42 Å². The zero-order valence-corrected chi connectivity index (χ0v) is 15.6. The lowest BCUT2D eigenvalue weighted by Crippen LogP contribution is -2.14. The van der Waals surface area contributed by atoms with Gasteiger partial charge < -0.3 is 9.09 Å². The van der Waals surface area contributed by atoms with E-state index in [4.69, 9.17) is 4.52 Å². The third-order valence-corrected chi connectivity index (χ3v) is 6.80. The van der Waals surface area contributed by atoms with E-state index in [2.05, 4.69) is 20.7 Å². The maximum Gasteiger partial charge on any atom is 0.237 e. The number of rotatable bonds is 6. The summed E-state index contributed by atoms with van der Waals surface area (Å²) in [5, 5.41) is 15.1. The Labute approximate surface area is 149 Å². The Balaban J connectivity index is 1.53. The normalized spacial score (nSPS) is 19.2. The first-order valence-corrected chi connectivity index (χ1v) is 10.6. The summed E-state index contributed by atoms with van der Waals surface area (Å²) >= 11 is 1.26. The van der Waals surface area contributed by atoms with Crippen LogP contribution in [-0.4, -0.2) is 51.5 Å². The number of hydrogen-bond acceptors (Lipinski definition) is 8. The van der Waals surface area contributed by atoms with Crippen LogP contribution in [0, 0.1) is 12.8 Å². The number of anilines is 1. The molecule has 3 heterocycles. The van der Waals surface area contributed by atoms with Crippen LogP contribution in [0.4, 0.5) is 5.88 Å². The first kappa shape index (κ1) is 17.9. The number of carbonyl (C=O) groups excluding carboxylic acids is 1. The summed E-state index contributed by atoms with van der Waals surface area (Å²) in [6.45, 7) is 1.77. The number of carbonyl (C=O) groups is 1. The van der Waals surface area contributed by atoms with E-state index in [0.29, 0.717) is 29.6 Å². The molecule has 0 saturated carbocycles. The van der Waals surface area contributed by atoms with Crippen molar-refractivity contribution < 1.29 is 17.7 Å². The van der Waals surface area contributed by atoms with Crippen LogP contribution in [0.15, 0.2) is 15.7 Å². The van der Waals surface area contributed by atoms with Gasteiger partial charge in [-0.05, 0) is 19.3 Å². The fourth-order valence-corrected chi connectivity index (χ4v) is 5.26. The Morgan fingerprint density at radius 1 is 1.48 bits per heavy atom. The molecule has 0 aromatic carbocycles. The van der Waals surface area contributed by atoms with E-state index >= 15 is 0 Å². The summed E-state index contributed by atoms with van der Waals surface area (Å²) in [6, 6.07) is 1.64. The van der Waals surface area contributed by atoms with E-state index in [1.807, 2.05) is 11.6 Å². The molecule has 0 unspecified atom stereocenters. The van der Waals surface area contributed by atoms with Gasteiger partial charge in [0.25, 0.3) is 0 Å². The Bertz CT molecular complexity index is 874. The zero-order chi connectivity index (χ0) is 18.0. The largest absolute Gasteiger partial charge is 0.338 e. The minimum absolute atomic E-state index is 0.0868. The minimum atomic E-state index is -2.90. The molecule has 1 aliphatic rings. The van der Waals surface area contributed by atoms with Gasteiger partial charge in [-0.15, -0.1) is 10.2 Å². The van der Waals surface area contributed by atoms with Crippen LogP contribution in [0.5, 0.6) is 0 Å². The third-order valence-electron chi connectivity index (χ3n) is 3.95. The molecule has 0 spiro atoms. The van der Waals surface area contributed by atoms with Gasteiger partial charge in [0.2, 0.25) is 11.8 Å². The predicted molar refractivity (Wildman–Crippen MR) is 92.1 cm³/mol. The SMILES string of the molecule is Cc1cc(NC(=O)CSc2nnc(C[C@H]3CCS(=O)(=O)C3)n2C)on1. The fourth-order valence-electron chi connectivity index (χ4n) is 2.67. The minimum Gasteiger partial charge on any atom is -0.338 e. The molecule has 1 saturated heterocycles. The second kappa shape index (κ2) is 7.16. The van der Waals surface area contributed by atoms with E-state index < -0.39 is 9.84 Å². The molecule has 2 aromatic rings. The summed E-state index contributed by atoms with van der Waals surface area (Å²) in [5.74, 6) is 1.51. The average molecular weight is 385 g/mol. The van der Waals surface area contributed by atoms with Crippen molar-refractivity contribution in [1.82, 2.24) is 19.9 Å². The lowest BCUT2D eigenvalue weighted by Gasteiger charge is -2.07. The lowest BCUT2D eigenvalue weighted by atomic mass is 10.1. The summed E-state index contributed by atoms with van der Waals surface area (Å²) < 4.78 is 29.8. The van der Waals surface area contributed by atoms with Crippen LogP contribution in [-0.2, 0) is 28.1 Å². The van der Waals surface area contributed by atoms with Crippen LogP contribution in [0.2, 0.25) is 0 Å². The molecule has 0 aliphatic carbocycles. The van der Waals surface area contributed by atoms with Crippen molar-refractivity contribution in [3.63, 3.8) is 0 Å². The molecular formula is C14H19N5O4S2. The molecule has 136 valence electrons. The molecule has 11 heteroatoms. The maximum absolute atomic E-state index is 11.9. The van der Waals surface area contributed by atoms with Crippen LogP contribution < -0.4 is 5.32 Å². The van der Waals surface area contributed by atoms with Crippen molar-refractivity contribution in [1.29, 1.82) is 0 Å². The summed E-state index contributed by atoms with van der Waals surface area (Å²) in [5.41, 5.74) is 0.690. The third kappa shape index (κ3) is 4.60. The fraction of sp³-hybridized carbons (Fsp3) is 0.571. The number of hydrogen-bond donors (Lipinski definition) is 1. The Morgan fingerprint density at radius 2 is 2.28 bits per heavy atom. The molecule has 25 heavy (non-hydrogen) atoms. The highest BCUT2D eigenvalue weighted by atomic mass is 32.2. The van der Waals surface area contributed by atoms with E-state index in [9.17, 15) is 13.2 Å². The predicted octanol–water partition coefficient (Wildman–Crippen LogP) is 0.820. The van der Waals surface area contributed by atoms with Gasteiger partial charge in [0, 0.05) is 19.5 Å². The van der Waals surface area contributed by atoms with Gasteiger partial charge in [-0.2, -0.15) is 0 Å². The molecule has 3 rings (SSSR count). The summed E-state index contributed by atoms with van der Waals surface area (Å²) in [7, 11) is -1.08. The quantitative estimate of drug-likeness (QED) is 0.726. The second-order valence-electron chi connectivity index (χ2n) is 6.10. The number of nitrogens with one attached hydrogen (secondary N) is 1. The van der Waals surface area contributed by atoms with E-state index in [0.717, 1.165) is 5.82 Å². The van der Waals surface area contributed by atoms with Crippen molar-refractivity contribution in [2.45, 2.75) is 24.9 Å². The topological polar surface area (TPSA) is 120 Å². The molecule has 2 aromatic heterocycles. The van der Waals surface area contributed by atoms with Gasteiger partial charge in [-0.1, -0.05) is 16.9 Å². The number of thioether (sulfide) groups is 1. The van der Waals surface area contributed by atoms with Crippen molar-refractivity contribution in [3.8, 4) is 0 Å². The molecule has 1 aliphatic heterocycles. The first-order valence-electron chi connectivity index (χ1n) is 7.77. The van der Waals surface area contributed by atoms with Crippen molar-refractivity contribution in [3.05, 3.63) is 17.6 Å². The highest BCUT2D eigenvalue weighted by Crippen LogP contribution is 2.23. The highest BCUT2D eigenvalue weighted by molar-refractivity contribution is 7.99. The summed E-state index contributed by atoms with van der Waals surface area (Å²) in [6.07, 6.45) is 1.24. The van der Waals surface area contributed by atoms with Crippen LogP contribution in [0.1, 0.15) is 17.9 Å². The number of nitrogens with zero attached hydrogens (tertiary/aromatic N) is 4. The molecular weight excluding hydrogens is 366 g/mol. The van der Waals surface area contributed by atoms with Crippen molar-refractivity contribution in [2.75, 3.05) is 22.6 Å². The van der Waals surface area contributed by atoms with Gasteiger partial charge in [0.1, 0.15) is 5.82 Å². The van der Waals surface area contributed by atoms with E-state index in [-0.39, 0.29) is 29.1 Å². The van der Waals surface area contributed by atoms with E-state index in [1.165, 1.54) is 11.8 Å². The molecule has 9 nitrogen and oxygen atoms in total. The molecule has 1 amide bonds. The Hall–Kier alpha value is -1.88. The van der Waals surface area contributed by atoms with Crippen molar-refractivity contribution in [2.24, 2.45) is 13.0 Å². The molecule has 0 bridgehead atoms. The molecule has 1 fully saturated rings. The molecule has 1 atom stereocenters. The van der Waals surface area contributed by atoms with E-state index in [1.54, 1.807) is 13.0 Å². The maximum atomic E-state index is 11.9. The van der Waals surface area contributed by atoms with Crippen molar-refractivity contribution >= 4 is 33.4 Å². The standard InChI is InChI=1S/C14H19N5O4S2/c1-9-5-13(23-18-9)15-12(20)7-24-14-17-16-11(19(14)2)6-10-3-4-25(21,22)8-10/h5,10H,3-4,6-8H2,1-2H3,(H,15,20)/t10-/m1/s1. The number of sulfone groups is 1. The molecule has 0 radical (unpaired) electrons. The van der Waals surface area contributed by atoms with Gasteiger partial charge in [0.15, 0.2) is 15.0 Å². The number of amides is 1. The van der Waals surface area contributed by atoms with Crippen LogP contribution >= 0.6 is 11.8 Å².